The summed E-state index contributed by atoms with van der Waals surface area (Å²) in [5.41, 5.74) is 3.58. The maximum Gasteiger partial charge on any atom is 0.306 e. The number of ether oxygens (including phenoxy) is 1. The monoisotopic (exact) mass is 517 g/mol. The minimum absolute atomic E-state index is 0.00684. The molecule has 0 saturated carbocycles. The summed E-state index contributed by atoms with van der Waals surface area (Å²) in [6.45, 7) is 6.05. The van der Waals surface area contributed by atoms with E-state index in [0.717, 1.165) is 60.3 Å². The van der Waals surface area contributed by atoms with Gasteiger partial charge >= 0.3 is 5.97 Å². The van der Waals surface area contributed by atoms with Gasteiger partial charge in [-0.1, -0.05) is 32.0 Å². The lowest BCUT2D eigenvalue weighted by atomic mass is 9.65. The van der Waals surface area contributed by atoms with Gasteiger partial charge in [0.25, 0.3) is 0 Å². The number of halogens is 1. The highest BCUT2D eigenvalue weighted by molar-refractivity contribution is 5.74. The molecule has 4 rings (SSSR count). The number of rotatable bonds is 12. The van der Waals surface area contributed by atoms with Crippen LogP contribution in [0.25, 0.3) is 11.0 Å². The van der Waals surface area contributed by atoms with Gasteiger partial charge in [0.05, 0.1) is 11.0 Å². The van der Waals surface area contributed by atoms with Crippen LogP contribution < -0.4 is 0 Å². The topological polar surface area (TPSA) is 58.2 Å². The van der Waals surface area contributed by atoms with Crippen LogP contribution in [0.15, 0.2) is 42.5 Å². The molecule has 6 heteroatoms. The molecule has 1 heterocycles. The van der Waals surface area contributed by atoms with Crippen molar-refractivity contribution < 1.29 is 13.9 Å². The van der Waals surface area contributed by atoms with Crippen LogP contribution in [0.2, 0.25) is 0 Å². The summed E-state index contributed by atoms with van der Waals surface area (Å²) in [5, 5.41) is 0. The van der Waals surface area contributed by atoms with Crippen LogP contribution in [0, 0.1) is 24.1 Å². The normalized spacial score (nSPS) is 19.0. The van der Waals surface area contributed by atoms with Crippen molar-refractivity contribution in [3.8, 4) is 12.3 Å². The van der Waals surface area contributed by atoms with Gasteiger partial charge in [-0.3, -0.25) is 4.79 Å². The molecule has 1 aliphatic rings. The van der Waals surface area contributed by atoms with E-state index in [0.29, 0.717) is 32.1 Å². The molecule has 5 nitrogen and oxygen atoms in total. The van der Waals surface area contributed by atoms with Crippen LogP contribution in [0.4, 0.5) is 4.39 Å². The molecule has 0 aliphatic heterocycles. The second kappa shape index (κ2) is 12.6. The number of aromatic amines is 1. The van der Waals surface area contributed by atoms with E-state index in [9.17, 15) is 9.18 Å². The molecular formula is C32H40FN3O2. The number of para-hydroxylation sites is 2. The van der Waals surface area contributed by atoms with E-state index in [-0.39, 0.29) is 23.6 Å². The SMILES string of the molecule is C#CCCCC(=O)O[C@]1(CCN(C)CCCc2nc3ccccc3[nH]2)CCc2cc(F)ccc2[C@@H]1C(C)C. The number of carbonyl (C=O) groups excluding carboxylic acids is 1. The fourth-order valence-electron chi connectivity index (χ4n) is 6.04. The zero-order valence-corrected chi connectivity index (χ0v) is 22.9. The Morgan fingerprint density at radius 2 is 2.08 bits per heavy atom. The minimum Gasteiger partial charge on any atom is -0.458 e. The minimum atomic E-state index is -0.626. The molecule has 0 fully saturated rings. The van der Waals surface area contributed by atoms with Crippen molar-refractivity contribution >= 4 is 17.0 Å². The number of carbonyl (C=O) groups is 1. The number of fused-ring (bicyclic) bond motifs is 2. The molecular weight excluding hydrogens is 477 g/mol. The summed E-state index contributed by atoms with van der Waals surface area (Å²) in [7, 11) is 2.12. The number of aryl methyl sites for hydroxylation is 2. The van der Waals surface area contributed by atoms with E-state index in [1.807, 2.05) is 30.3 Å². The zero-order chi connectivity index (χ0) is 27.1. The first-order valence-corrected chi connectivity index (χ1v) is 13.9. The summed E-state index contributed by atoms with van der Waals surface area (Å²) < 4.78 is 20.4. The van der Waals surface area contributed by atoms with E-state index in [2.05, 4.69) is 41.7 Å². The molecule has 0 bridgehead atoms. The van der Waals surface area contributed by atoms with Crippen LogP contribution >= 0.6 is 0 Å². The van der Waals surface area contributed by atoms with E-state index in [1.54, 1.807) is 6.07 Å². The third-order valence-corrected chi connectivity index (χ3v) is 7.82. The third kappa shape index (κ3) is 6.63. The largest absolute Gasteiger partial charge is 0.458 e. The molecule has 1 aliphatic carbocycles. The molecule has 0 spiro atoms. The summed E-state index contributed by atoms with van der Waals surface area (Å²) in [4.78, 5) is 23.4. The first-order chi connectivity index (χ1) is 18.3. The van der Waals surface area contributed by atoms with E-state index in [4.69, 9.17) is 11.2 Å². The fraction of sp³-hybridized carbons (Fsp3) is 0.500. The number of terminal acetylenes is 1. The fourth-order valence-corrected chi connectivity index (χ4v) is 6.04. The number of nitrogens with zero attached hydrogens (tertiary/aromatic N) is 2. The first kappa shape index (κ1) is 27.9. The van der Waals surface area contributed by atoms with E-state index < -0.39 is 5.60 Å². The van der Waals surface area contributed by atoms with Gasteiger partial charge in [-0.05, 0) is 80.6 Å². The molecule has 2 aromatic carbocycles. The number of hydrogen-bond acceptors (Lipinski definition) is 4. The van der Waals surface area contributed by atoms with Crippen molar-refractivity contribution in [3.05, 3.63) is 65.2 Å². The summed E-state index contributed by atoms with van der Waals surface area (Å²) in [5.74, 6) is 3.45. The summed E-state index contributed by atoms with van der Waals surface area (Å²) in [6.07, 6.45) is 10.9. The predicted molar refractivity (Wildman–Crippen MR) is 150 cm³/mol. The van der Waals surface area contributed by atoms with Gasteiger partial charge < -0.3 is 14.6 Å². The molecule has 202 valence electrons. The number of unbranched alkanes of at least 4 members (excludes halogenated alkanes) is 1. The van der Waals surface area contributed by atoms with Crippen molar-refractivity contribution in [2.45, 2.75) is 76.7 Å². The molecule has 2 atom stereocenters. The highest BCUT2D eigenvalue weighted by Crippen LogP contribution is 2.48. The van der Waals surface area contributed by atoms with Crippen molar-refractivity contribution in [2.24, 2.45) is 5.92 Å². The summed E-state index contributed by atoms with van der Waals surface area (Å²) >= 11 is 0. The number of benzene rings is 2. The Bertz CT molecular complexity index is 1240. The van der Waals surface area contributed by atoms with Crippen LogP contribution in [0.3, 0.4) is 0 Å². The summed E-state index contributed by atoms with van der Waals surface area (Å²) in [6, 6.07) is 13.2. The smallest absolute Gasteiger partial charge is 0.306 e. The third-order valence-electron chi connectivity index (χ3n) is 7.82. The second-order valence-electron chi connectivity index (χ2n) is 11.0. The molecule has 0 unspecified atom stereocenters. The molecule has 1 aromatic heterocycles. The van der Waals surface area contributed by atoms with Crippen molar-refractivity contribution in [2.75, 3.05) is 20.1 Å². The second-order valence-corrected chi connectivity index (χ2v) is 11.0. The Morgan fingerprint density at radius 1 is 1.26 bits per heavy atom. The molecule has 38 heavy (non-hydrogen) atoms. The highest BCUT2D eigenvalue weighted by atomic mass is 19.1. The number of hydrogen-bond donors (Lipinski definition) is 1. The van der Waals surface area contributed by atoms with Gasteiger partial charge in [-0.15, -0.1) is 12.3 Å². The van der Waals surface area contributed by atoms with E-state index in [1.165, 1.54) is 6.07 Å². The van der Waals surface area contributed by atoms with Gasteiger partial charge in [-0.2, -0.15) is 0 Å². The Balaban J connectivity index is 1.44. The molecule has 0 amide bonds. The quantitative estimate of drug-likeness (QED) is 0.171. The number of nitrogens with one attached hydrogen (secondary N) is 1. The van der Waals surface area contributed by atoms with Crippen molar-refractivity contribution in [3.63, 3.8) is 0 Å². The maximum atomic E-state index is 14.0. The van der Waals surface area contributed by atoms with Crippen LogP contribution in [-0.4, -0.2) is 46.6 Å². The lowest BCUT2D eigenvalue weighted by Crippen LogP contribution is -2.48. The Hall–Kier alpha value is -3.17. The predicted octanol–water partition coefficient (Wildman–Crippen LogP) is 6.43. The number of esters is 1. The molecule has 1 N–H and O–H groups in total. The van der Waals surface area contributed by atoms with Gasteiger partial charge in [0.15, 0.2) is 0 Å². The molecule has 3 aromatic rings. The molecule has 0 saturated heterocycles. The van der Waals surface area contributed by atoms with Crippen LogP contribution in [-0.2, 0) is 22.4 Å². The van der Waals surface area contributed by atoms with Gasteiger partial charge in [-0.25, -0.2) is 9.37 Å². The lowest BCUT2D eigenvalue weighted by molar-refractivity contribution is -0.167. The average Bonchev–Trinajstić information content (AvgIpc) is 3.30. The Morgan fingerprint density at radius 3 is 2.84 bits per heavy atom. The Kier molecular flexibility index (Phi) is 9.22. The Labute approximate surface area is 226 Å². The van der Waals surface area contributed by atoms with Gasteiger partial charge in [0.2, 0.25) is 0 Å². The standard InChI is InChI=1S/C32H40FN3O2/c1-5-6-7-14-30(37)38-32(18-17-24-22-25(33)15-16-26(24)31(32)23(2)3)19-21-36(4)20-10-13-29-34-27-11-8-9-12-28(27)35-29/h1,8-9,11-12,15-16,22-23,31H,6-7,10,13-14,17-21H2,2-4H3,(H,34,35)/t31-,32-/m0/s1. The van der Waals surface area contributed by atoms with Crippen LogP contribution in [0.1, 0.15) is 75.2 Å². The van der Waals surface area contributed by atoms with Crippen molar-refractivity contribution in [1.29, 1.82) is 0 Å². The highest BCUT2D eigenvalue weighted by Gasteiger charge is 2.47. The first-order valence-electron chi connectivity index (χ1n) is 13.9. The number of aromatic nitrogens is 2. The average molecular weight is 518 g/mol. The zero-order valence-electron chi connectivity index (χ0n) is 22.9. The number of H-pyrrole nitrogens is 1. The molecule has 0 radical (unpaired) electrons. The van der Waals surface area contributed by atoms with Gasteiger partial charge in [0.1, 0.15) is 17.2 Å². The van der Waals surface area contributed by atoms with Crippen molar-refractivity contribution in [1.82, 2.24) is 14.9 Å². The maximum absolute atomic E-state index is 14.0. The van der Waals surface area contributed by atoms with Gasteiger partial charge in [0, 0.05) is 38.1 Å². The van der Waals surface area contributed by atoms with Crippen LogP contribution in [0.5, 0.6) is 0 Å². The van der Waals surface area contributed by atoms with E-state index >= 15 is 0 Å². The lowest BCUT2D eigenvalue weighted by Gasteiger charge is -2.47. The number of imidazole rings is 1.